The molecule has 0 saturated heterocycles. The lowest BCUT2D eigenvalue weighted by Gasteiger charge is -2.22. The van der Waals surface area contributed by atoms with Crippen LogP contribution in [0.4, 0.5) is 0 Å². The Hall–Kier alpha value is -0.610. The minimum Gasteiger partial charge on any atom is -0.383 e. The van der Waals surface area contributed by atoms with Gasteiger partial charge in [-0.1, -0.05) is 6.42 Å². The van der Waals surface area contributed by atoms with Gasteiger partial charge < -0.3 is 15.4 Å². The van der Waals surface area contributed by atoms with Gasteiger partial charge in [-0.25, -0.2) is 0 Å². The van der Waals surface area contributed by atoms with E-state index in [1.807, 2.05) is 7.05 Å². The van der Waals surface area contributed by atoms with E-state index in [9.17, 15) is 4.79 Å². The largest absolute Gasteiger partial charge is 0.383 e. The third-order valence-corrected chi connectivity index (χ3v) is 2.89. The molecule has 0 unspecified atom stereocenters. The fourth-order valence-corrected chi connectivity index (χ4v) is 1.92. The van der Waals surface area contributed by atoms with Gasteiger partial charge in [0, 0.05) is 26.7 Å². The minimum absolute atomic E-state index is 0.0388. The van der Waals surface area contributed by atoms with Crippen molar-refractivity contribution < 1.29 is 9.53 Å². The van der Waals surface area contributed by atoms with Gasteiger partial charge in [0.15, 0.2) is 0 Å². The summed E-state index contributed by atoms with van der Waals surface area (Å²) in [7, 11) is 3.45. The predicted octanol–water partition coefficient (Wildman–Crippen LogP) is 0.219. The zero-order chi connectivity index (χ0) is 10.6. The molecule has 1 amide bonds. The molecular formula is C10H20N2O2. The van der Waals surface area contributed by atoms with Crippen molar-refractivity contribution in [2.45, 2.75) is 25.3 Å². The Kier molecular flexibility index (Phi) is 4.35. The van der Waals surface area contributed by atoms with Crippen molar-refractivity contribution >= 4 is 5.91 Å². The fraction of sp³-hybridized carbons (Fsp3) is 0.900. The molecule has 0 aromatic carbocycles. The second-order valence-corrected chi connectivity index (χ2v) is 3.95. The molecule has 1 aliphatic carbocycles. The molecule has 1 aliphatic rings. The van der Waals surface area contributed by atoms with Crippen molar-refractivity contribution in [2.75, 3.05) is 27.3 Å². The molecule has 1 saturated carbocycles. The first kappa shape index (κ1) is 11.5. The van der Waals surface area contributed by atoms with E-state index >= 15 is 0 Å². The van der Waals surface area contributed by atoms with Crippen molar-refractivity contribution in [3.8, 4) is 0 Å². The zero-order valence-electron chi connectivity index (χ0n) is 9.03. The van der Waals surface area contributed by atoms with E-state index in [1.54, 1.807) is 12.0 Å². The van der Waals surface area contributed by atoms with Crippen LogP contribution in [0.15, 0.2) is 0 Å². The van der Waals surface area contributed by atoms with Gasteiger partial charge in [-0.15, -0.1) is 0 Å². The number of hydrogen-bond acceptors (Lipinski definition) is 3. The van der Waals surface area contributed by atoms with E-state index < -0.39 is 0 Å². The summed E-state index contributed by atoms with van der Waals surface area (Å²) in [5.41, 5.74) is 5.87. The molecule has 0 bridgehead atoms. The van der Waals surface area contributed by atoms with E-state index in [0.717, 1.165) is 19.3 Å². The summed E-state index contributed by atoms with van der Waals surface area (Å²) >= 11 is 0. The minimum atomic E-state index is 0.0388. The van der Waals surface area contributed by atoms with Crippen molar-refractivity contribution in [1.82, 2.24) is 4.90 Å². The van der Waals surface area contributed by atoms with Crippen LogP contribution in [0.1, 0.15) is 19.3 Å². The van der Waals surface area contributed by atoms with Crippen LogP contribution in [0, 0.1) is 5.92 Å². The number of methoxy groups -OCH3 is 1. The topological polar surface area (TPSA) is 55.6 Å². The molecule has 0 aromatic heterocycles. The number of hydrogen-bond donors (Lipinski definition) is 1. The fourth-order valence-electron chi connectivity index (χ4n) is 1.92. The monoisotopic (exact) mass is 200 g/mol. The highest BCUT2D eigenvalue weighted by atomic mass is 16.5. The Labute approximate surface area is 85.4 Å². The second kappa shape index (κ2) is 5.32. The van der Waals surface area contributed by atoms with Gasteiger partial charge in [-0.3, -0.25) is 4.79 Å². The van der Waals surface area contributed by atoms with Crippen LogP contribution in [-0.2, 0) is 9.53 Å². The van der Waals surface area contributed by atoms with Crippen LogP contribution in [0.25, 0.3) is 0 Å². The Morgan fingerprint density at radius 2 is 2.29 bits per heavy atom. The number of carbonyl (C=O) groups is 1. The predicted molar refractivity (Wildman–Crippen MR) is 54.8 cm³/mol. The molecule has 0 aromatic rings. The highest BCUT2D eigenvalue weighted by Gasteiger charge is 2.31. The molecule has 0 spiro atoms. The molecule has 82 valence electrons. The Morgan fingerprint density at radius 3 is 2.79 bits per heavy atom. The first-order valence-electron chi connectivity index (χ1n) is 5.16. The van der Waals surface area contributed by atoms with E-state index in [1.165, 1.54) is 0 Å². The maximum atomic E-state index is 11.9. The second-order valence-electron chi connectivity index (χ2n) is 3.95. The molecule has 14 heavy (non-hydrogen) atoms. The van der Waals surface area contributed by atoms with E-state index in [4.69, 9.17) is 10.5 Å². The number of amides is 1. The van der Waals surface area contributed by atoms with Crippen molar-refractivity contribution in [2.24, 2.45) is 11.7 Å². The third kappa shape index (κ3) is 2.69. The molecule has 1 fully saturated rings. The molecule has 0 aliphatic heterocycles. The first-order chi connectivity index (χ1) is 6.66. The SMILES string of the molecule is COCCN(C)C(=O)[C@@H]1CCC[C@@H]1N. The van der Waals surface area contributed by atoms with Gasteiger partial charge in [-0.2, -0.15) is 0 Å². The summed E-state index contributed by atoms with van der Waals surface area (Å²) in [6, 6.07) is 0.0625. The van der Waals surface area contributed by atoms with Crippen molar-refractivity contribution in [3.05, 3.63) is 0 Å². The summed E-state index contributed by atoms with van der Waals surface area (Å²) in [6.07, 6.45) is 3.00. The van der Waals surface area contributed by atoms with Gasteiger partial charge in [0.05, 0.1) is 12.5 Å². The first-order valence-corrected chi connectivity index (χ1v) is 5.16. The van der Waals surface area contributed by atoms with Crippen molar-refractivity contribution in [1.29, 1.82) is 0 Å². The lowest BCUT2D eigenvalue weighted by molar-refractivity contribution is -0.134. The standard InChI is InChI=1S/C10H20N2O2/c1-12(6-7-14-2)10(13)8-4-3-5-9(8)11/h8-9H,3-7,11H2,1-2H3/t8-,9+/m1/s1. The van der Waals surface area contributed by atoms with Gasteiger partial charge in [-0.05, 0) is 12.8 Å². The van der Waals surface area contributed by atoms with Gasteiger partial charge in [0.2, 0.25) is 5.91 Å². The number of likely N-dealkylation sites (N-methyl/N-ethyl adjacent to an activating group) is 1. The van der Waals surface area contributed by atoms with Crippen LogP contribution in [-0.4, -0.2) is 44.2 Å². The van der Waals surface area contributed by atoms with Crippen LogP contribution < -0.4 is 5.73 Å². The van der Waals surface area contributed by atoms with E-state index in [0.29, 0.717) is 13.2 Å². The van der Waals surface area contributed by atoms with Crippen LogP contribution in [0.3, 0.4) is 0 Å². The average Bonchev–Trinajstić information content (AvgIpc) is 2.59. The lowest BCUT2D eigenvalue weighted by atomic mass is 10.0. The Bertz CT molecular complexity index is 197. The van der Waals surface area contributed by atoms with Crippen molar-refractivity contribution in [3.63, 3.8) is 0 Å². The van der Waals surface area contributed by atoms with Gasteiger partial charge in [0.25, 0.3) is 0 Å². The lowest BCUT2D eigenvalue weighted by Crippen LogP contribution is -2.40. The highest BCUT2D eigenvalue weighted by molar-refractivity contribution is 5.79. The molecule has 0 heterocycles. The third-order valence-electron chi connectivity index (χ3n) is 2.89. The zero-order valence-corrected chi connectivity index (χ0v) is 9.03. The molecule has 2 atom stereocenters. The number of ether oxygens (including phenoxy) is 1. The van der Waals surface area contributed by atoms with Crippen LogP contribution in [0.2, 0.25) is 0 Å². The summed E-state index contributed by atoms with van der Waals surface area (Å²) in [5.74, 6) is 0.212. The summed E-state index contributed by atoms with van der Waals surface area (Å²) < 4.78 is 4.93. The quantitative estimate of drug-likeness (QED) is 0.706. The van der Waals surface area contributed by atoms with Crippen LogP contribution >= 0.6 is 0 Å². The maximum absolute atomic E-state index is 11.9. The van der Waals surface area contributed by atoms with Crippen LogP contribution in [0.5, 0.6) is 0 Å². The summed E-state index contributed by atoms with van der Waals surface area (Å²) in [4.78, 5) is 13.6. The molecule has 4 heteroatoms. The Morgan fingerprint density at radius 1 is 1.57 bits per heavy atom. The maximum Gasteiger partial charge on any atom is 0.227 e. The number of nitrogens with two attached hydrogens (primary N) is 1. The molecule has 1 rings (SSSR count). The van der Waals surface area contributed by atoms with Gasteiger partial charge >= 0.3 is 0 Å². The number of nitrogens with zero attached hydrogens (tertiary/aromatic N) is 1. The molecule has 2 N–H and O–H groups in total. The molecule has 4 nitrogen and oxygen atoms in total. The highest BCUT2D eigenvalue weighted by Crippen LogP contribution is 2.25. The molecular weight excluding hydrogens is 180 g/mol. The number of rotatable bonds is 4. The smallest absolute Gasteiger partial charge is 0.227 e. The molecule has 0 radical (unpaired) electrons. The summed E-state index contributed by atoms with van der Waals surface area (Å²) in [6.45, 7) is 1.24. The van der Waals surface area contributed by atoms with E-state index in [2.05, 4.69) is 0 Å². The van der Waals surface area contributed by atoms with Gasteiger partial charge in [0.1, 0.15) is 0 Å². The Balaban J connectivity index is 2.39. The average molecular weight is 200 g/mol. The normalized spacial score (nSPS) is 26.5. The van der Waals surface area contributed by atoms with E-state index in [-0.39, 0.29) is 17.9 Å². The number of carbonyl (C=O) groups excluding carboxylic acids is 1. The summed E-state index contributed by atoms with van der Waals surface area (Å²) in [5, 5.41) is 0.